The molecule has 0 fully saturated rings. The van der Waals surface area contributed by atoms with E-state index in [1.54, 1.807) is 0 Å². The maximum absolute atomic E-state index is 10.4. The molecule has 0 heterocycles. The van der Waals surface area contributed by atoms with Crippen molar-refractivity contribution in [3.8, 4) is 0 Å². The minimum atomic E-state index is -0.908. The molecular formula is C15H31NO2. The van der Waals surface area contributed by atoms with Crippen LogP contribution < -0.4 is 5.32 Å². The Morgan fingerprint density at radius 3 is 1.83 bits per heavy atom. The van der Waals surface area contributed by atoms with Crippen molar-refractivity contribution in [1.82, 2.24) is 5.32 Å². The van der Waals surface area contributed by atoms with E-state index in [4.69, 9.17) is 5.11 Å². The Bertz CT molecular complexity index is 195. The van der Waals surface area contributed by atoms with Gasteiger partial charge in [0.15, 0.2) is 0 Å². The van der Waals surface area contributed by atoms with Crippen molar-refractivity contribution in [2.75, 3.05) is 0 Å². The SMILES string of the molecule is CCCCCCCCCCCCC(C)NC(=O)O. The van der Waals surface area contributed by atoms with Crippen molar-refractivity contribution in [3.05, 3.63) is 0 Å². The molecule has 0 aromatic rings. The summed E-state index contributed by atoms with van der Waals surface area (Å²) in [6, 6.07) is 0.0940. The van der Waals surface area contributed by atoms with Crippen LogP contribution in [-0.4, -0.2) is 17.2 Å². The molecule has 0 aliphatic rings. The van der Waals surface area contributed by atoms with Crippen molar-refractivity contribution in [2.45, 2.75) is 90.5 Å². The van der Waals surface area contributed by atoms with Gasteiger partial charge in [-0.1, -0.05) is 71.1 Å². The zero-order chi connectivity index (χ0) is 13.6. The summed E-state index contributed by atoms with van der Waals surface area (Å²) in [4.78, 5) is 10.4. The fraction of sp³-hybridized carbons (Fsp3) is 0.933. The quantitative estimate of drug-likeness (QED) is 0.486. The topological polar surface area (TPSA) is 49.3 Å². The standard InChI is InChI=1S/C15H31NO2/c1-3-4-5-6-7-8-9-10-11-12-13-14(2)16-15(17)18/h14,16H,3-13H2,1-2H3,(H,17,18). The second-order valence-corrected chi connectivity index (χ2v) is 5.32. The molecule has 0 spiro atoms. The molecule has 0 saturated heterocycles. The fourth-order valence-electron chi connectivity index (χ4n) is 2.22. The normalized spacial score (nSPS) is 12.3. The highest BCUT2D eigenvalue weighted by Gasteiger charge is 2.03. The molecule has 0 bridgehead atoms. The van der Waals surface area contributed by atoms with Crippen molar-refractivity contribution in [2.24, 2.45) is 0 Å². The Labute approximate surface area is 112 Å². The molecule has 0 aromatic heterocycles. The Hall–Kier alpha value is -0.730. The second kappa shape index (κ2) is 12.7. The van der Waals surface area contributed by atoms with Gasteiger partial charge in [0, 0.05) is 6.04 Å². The third-order valence-corrected chi connectivity index (χ3v) is 3.36. The van der Waals surface area contributed by atoms with E-state index in [1.807, 2.05) is 6.92 Å². The largest absolute Gasteiger partial charge is 0.465 e. The van der Waals surface area contributed by atoms with Gasteiger partial charge in [-0.3, -0.25) is 0 Å². The second-order valence-electron chi connectivity index (χ2n) is 5.32. The smallest absolute Gasteiger partial charge is 0.404 e. The number of rotatable bonds is 12. The molecule has 0 saturated carbocycles. The number of hydrogen-bond acceptors (Lipinski definition) is 1. The van der Waals surface area contributed by atoms with Crippen LogP contribution in [0.5, 0.6) is 0 Å². The monoisotopic (exact) mass is 257 g/mol. The number of carbonyl (C=O) groups is 1. The van der Waals surface area contributed by atoms with E-state index >= 15 is 0 Å². The molecule has 108 valence electrons. The first-order chi connectivity index (χ1) is 8.66. The van der Waals surface area contributed by atoms with Gasteiger partial charge < -0.3 is 10.4 Å². The summed E-state index contributed by atoms with van der Waals surface area (Å²) < 4.78 is 0. The lowest BCUT2D eigenvalue weighted by molar-refractivity contribution is 0.190. The first-order valence-electron chi connectivity index (χ1n) is 7.66. The summed E-state index contributed by atoms with van der Waals surface area (Å²) in [5, 5.41) is 11.0. The van der Waals surface area contributed by atoms with E-state index in [2.05, 4.69) is 12.2 Å². The van der Waals surface area contributed by atoms with E-state index in [0.29, 0.717) is 0 Å². The molecular weight excluding hydrogens is 226 g/mol. The van der Waals surface area contributed by atoms with Gasteiger partial charge in [-0.25, -0.2) is 4.79 Å². The Morgan fingerprint density at radius 1 is 0.944 bits per heavy atom. The Kier molecular flexibility index (Phi) is 12.2. The summed E-state index contributed by atoms with van der Waals surface area (Å²) >= 11 is 0. The van der Waals surface area contributed by atoms with Crippen LogP contribution in [0.25, 0.3) is 0 Å². The highest BCUT2D eigenvalue weighted by atomic mass is 16.4. The third-order valence-electron chi connectivity index (χ3n) is 3.36. The minimum Gasteiger partial charge on any atom is -0.465 e. The first kappa shape index (κ1) is 17.3. The van der Waals surface area contributed by atoms with E-state index in [9.17, 15) is 4.79 Å². The van der Waals surface area contributed by atoms with Crippen LogP contribution in [0, 0.1) is 0 Å². The van der Waals surface area contributed by atoms with Crippen molar-refractivity contribution in [1.29, 1.82) is 0 Å². The van der Waals surface area contributed by atoms with Crippen LogP contribution in [0.1, 0.15) is 84.5 Å². The summed E-state index contributed by atoms with van der Waals surface area (Å²) in [5.41, 5.74) is 0. The molecule has 2 N–H and O–H groups in total. The van der Waals surface area contributed by atoms with Gasteiger partial charge in [-0.15, -0.1) is 0 Å². The number of hydrogen-bond donors (Lipinski definition) is 2. The van der Waals surface area contributed by atoms with Crippen LogP contribution in [-0.2, 0) is 0 Å². The van der Waals surface area contributed by atoms with E-state index < -0.39 is 6.09 Å². The van der Waals surface area contributed by atoms with Crippen LogP contribution in [0.15, 0.2) is 0 Å². The van der Waals surface area contributed by atoms with Crippen LogP contribution in [0.4, 0.5) is 4.79 Å². The zero-order valence-corrected chi connectivity index (χ0v) is 12.2. The predicted octanol–water partition coefficient (Wildman–Crippen LogP) is 4.95. The highest BCUT2D eigenvalue weighted by molar-refractivity contribution is 5.64. The lowest BCUT2D eigenvalue weighted by atomic mass is 10.0. The molecule has 1 amide bonds. The molecule has 18 heavy (non-hydrogen) atoms. The van der Waals surface area contributed by atoms with Crippen LogP contribution in [0.2, 0.25) is 0 Å². The van der Waals surface area contributed by atoms with Gasteiger partial charge in [0.05, 0.1) is 0 Å². The van der Waals surface area contributed by atoms with Gasteiger partial charge in [-0.05, 0) is 13.3 Å². The lowest BCUT2D eigenvalue weighted by Crippen LogP contribution is -2.30. The third kappa shape index (κ3) is 13.3. The van der Waals surface area contributed by atoms with Gasteiger partial charge >= 0.3 is 6.09 Å². The summed E-state index contributed by atoms with van der Waals surface area (Å²) in [7, 11) is 0. The molecule has 1 atom stereocenters. The highest BCUT2D eigenvalue weighted by Crippen LogP contribution is 2.11. The zero-order valence-electron chi connectivity index (χ0n) is 12.2. The number of nitrogens with one attached hydrogen (secondary N) is 1. The molecule has 1 unspecified atom stereocenters. The summed E-state index contributed by atoms with van der Waals surface area (Å²) in [6.07, 6.45) is 13.3. The summed E-state index contributed by atoms with van der Waals surface area (Å²) in [6.45, 7) is 4.18. The lowest BCUT2D eigenvalue weighted by Gasteiger charge is -2.10. The molecule has 0 aromatic carbocycles. The molecule has 3 nitrogen and oxygen atoms in total. The summed E-state index contributed by atoms with van der Waals surface area (Å²) in [5.74, 6) is 0. The maximum Gasteiger partial charge on any atom is 0.404 e. The average Bonchev–Trinajstić information content (AvgIpc) is 2.30. The van der Waals surface area contributed by atoms with E-state index in [0.717, 1.165) is 12.8 Å². The predicted molar refractivity (Wildman–Crippen MR) is 77.1 cm³/mol. The van der Waals surface area contributed by atoms with Crippen molar-refractivity contribution < 1.29 is 9.90 Å². The minimum absolute atomic E-state index is 0.0940. The van der Waals surface area contributed by atoms with Crippen LogP contribution in [0.3, 0.4) is 0 Å². The van der Waals surface area contributed by atoms with E-state index in [-0.39, 0.29) is 6.04 Å². The van der Waals surface area contributed by atoms with E-state index in [1.165, 1.54) is 57.8 Å². The van der Waals surface area contributed by atoms with Crippen molar-refractivity contribution in [3.63, 3.8) is 0 Å². The van der Waals surface area contributed by atoms with Gasteiger partial charge in [-0.2, -0.15) is 0 Å². The Morgan fingerprint density at radius 2 is 1.39 bits per heavy atom. The number of amides is 1. The molecule has 0 aliphatic heterocycles. The molecule has 0 radical (unpaired) electrons. The molecule has 3 heteroatoms. The van der Waals surface area contributed by atoms with Gasteiger partial charge in [0.1, 0.15) is 0 Å². The first-order valence-corrected chi connectivity index (χ1v) is 7.66. The number of unbranched alkanes of at least 4 members (excludes halogenated alkanes) is 9. The molecule has 0 aliphatic carbocycles. The molecule has 0 rings (SSSR count). The average molecular weight is 257 g/mol. The maximum atomic E-state index is 10.4. The van der Waals surface area contributed by atoms with Crippen molar-refractivity contribution >= 4 is 6.09 Å². The number of carboxylic acid groups (broad SMARTS) is 1. The van der Waals surface area contributed by atoms with Gasteiger partial charge in [0.25, 0.3) is 0 Å². The Balaban J connectivity index is 3.09. The fourth-order valence-corrected chi connectivity index (χ4v) is 2.22. The van der Waals surface area contributed by atoms with Gasteiger partial charge in [0.2, 0.25) is 0 Å². The van der Waals surface area contributed by atoms with Crippen LogP contribution >= 0.6 is 0 Å².